The SMILES string of the molecule is COC1CCN(C2CCN(C(=O)CC(c3ccccc3)c3ccccc3)CC2)CC1. The van der Waals surface area contributed by atoms with E-state index in [0.29, 0.717) is 18.6 Å². The molecule has 0 bridgehead atoms. The van der Waals surface area contributed by atoms with Gasteiger partial charge in [0.25, 0.3) is 0 Å². The summed E-state index contributed by atoms with van der Waals surface area (Å²) in [6.45, 7) is 4.01. The van der Waals surface area contributed by atoms with E-state index in [2.05, 4.69) is 58.3 Å². The van der Waals surface area contributed by atoms with Crippen molar-refractivity contribution in [3.05, 3.63) is 71.8 Å². The van der Waals surface area contributed by atoms with Gasteiger partial charge < -0.3 is 14.5 Å². The molecule has 1 amide bonds. The molecular formula is C26H34N2O2. The Balaban J connectivity index is 1.35. The predicted octanol–water partition coefficient (Wildman–Crippen LogP) is 4.31. The van der Waals surface area contributed by atoms with E-state index in [4.69, 9.17) is 4.74 Å². The first-order valence-corrected chi connectivity index (χ1v) is 11.4. The van der Waals surface area contributed by atoms with Gasteiger partial charge in [0.05, 0.1) is 6.10 Å². The number of likely N-dealkylation sites (tertiary alicyclic amines) is 2. The number of hydrogen-bond donors (Lipinski definition) is 0. The molecule has 4 nitrogen and oxygen atoms in total. The van der Waals surface area contributed by atoms with Gasteiger partial charge in [0, 0.05) is 51.7 Å². The summed E-state index contributed by atoms with van der Waals surface area (Å²) >= 11 is 0. The van der Waals surface area contributed by atoms with E-state index in [0.717, 1.165) is 51.9 Å². The maximum absolute atomic E-state index is 13.2. The predicted molar refractivity (Wildman–Crippen MR) is 121 cm³/mol. The first-order chi connectivity index (χ1) is 14.7. The van der Waals surface area contributed by atoms with Crippen molar-refractivity contribution >= 4 is 5.91 Å². The van der Waals surface area contributed by atoms with Crippen molar-refractivity contribution in [2.45, 2.75) is 50.2 Å². The maximum Gasteiger partial charge on any atom is 0.223 e. The van der Waals surface area contributed by atoms with E-state index in [9.17, 15) is 4.79 Å². The number of hydrogen-bond acceptors (Lipinski definition) is 3. The van der Waals surface area contributed by atoms with Gasteiger partial charge >= 0.3 is 0 Å². The minimum absolute atomic E-state index is 0.116. The molecule has 2 aliphatic heterocycles. The van der Waals surface area contributed by atoms with Gasteiger partial charge in [-0.05, 0) is 36.8 Å². The summed E-state index contributed by atoms with van der Waals surface area (Å²) in [5.74, 6) is 0.398. The van der Waals surface area contributed by atoms with Gasteiger partial charge in [0.1, 0.15) is 0 Å². The Labute approximate surface area is 180 Å². The lowest BCUT2D eigenvalue weighted by atomic mass is 9.88. The Hall–Kier alpha value is -2.17. The largest absolute Gasteiger partial charge is 0.381 e. The Morgan fingerprint density at radius 2 is 1.40 bits per heavy atom. The van der Waals surface area contributed by atoms with Crippen LogP contribution in [0.2, 0.25) is 0 Å². The standard InChI is InChI=1S/C26H34N2O2/c1-30-24-14-18-27(19-15-24)23-12-16-28(17-13-23)26(29)20-25(21-8-4-2-5-9-21)22-10-6-3-7-11-22/h2-11,23-25H,12-20H2,1H3. The van der Waals surface area contributed by atoms with E-state index >= 15 is 0 Å². The van der Waals surface area contributed by atoms with Crippen molar-refractivity contribution in [1.82, 2.24) is 9.80 Å². The zero-order chi connectivity index (χ0) is 20.8. The Kier molecular flexibility index (Phi) is 7.19. The molecule has 4 heteroatoms. The Morgan fingerprint density at radius 3 is 1.90 bits per heavy atom. The zero-order valence-corrected chi connectivity index (χ0v) is 18.1. The Bertz CT molecular complexity index is 740. The number of amides is 1. The molecule has 2 heterocycles. The fourth-order valence-corrected chi connectivity index (χ4v) is 5.06. The third-order valence-electron chi connectivity index (χ3n) is 6.93. The molecule has 0 saturated carbocycles. The smallest absolute Gasteiger partial charge is 0.223 e. The minimum Gasteiger partial charge on any atom is -0.381 e. The highest BCUT2D eigenvalue weighted by Crippen LogP contribution is 2.30. The molecular weight excluding hydrogens is 372 g/mol. The molecule has 160 valence electrons. The van der Waals surface area contributed by atoms with Gasteiger partial charge in [-0.2, -0.15) is 0 Å². The lowest BCUT2D eigenvalue weighted by Crippen LogP contribution is -2.49. The van der Waals surface area contributed by atoms with Crippen molar-refractivity contribution in [2.75, 3.05) is 33.3 Å². The monoisotopic (exact) mass is 406 g/mol. The van der Waals surface area contributed by atoms with Crippen LogP contribution in [0.3, 0.4) is 0 Å². The number of methoxy groups -OCH3 is 1. The van der Waals surface area contributed by atoms with E-state index in [-0.39, 0.29) is 11.8 Å². The van der Waals surface area contributed by atoms with Crippen LogP contribution >= 0.6 is 0 Å². The number of piperidine rings is 2. The summed E-state index contributed by atoms with van der Waals surface area (Å²) in [4.78, 5) is 17.9. The van der Waals surface area contributed by atoms with Crippen molar-refractivity contribution in [2.24, 2.45) is 0 Å². The third kappa shape index (κ3) is 5.11. The fraction of sp³-hybridized carbons (Fsp3) is 0.500. The fourth-order valence-electron chi connectivity index (χ4n) is 5.06. The van der Waals surface area contributed by atoms with E-state index < -0.39 is 0 Å². The van der Waals surface area contributed by atoms with Crippen molar-refractivity contribution in [3.63, 3.8) is 0 Å². The molecule has 2 fully saturated rings. The van der Waals surface area contributed by atoms with Crippen molar-refractivity contribution in [3.8, 4) is 0 Å². The molecule has 0 atom stereocenters. The topological polar surface area (TPSA) is 32.8 Å². The molecule has 30 heavy (non-hydrogen) atoms. The second kappa shape index (κ2) is 10.2. The second-order valence-corrected chi connectivity index (χ2v) is 8.66. The van der Waals surface area contributed by atoms with Gasteiger partial charge in [-0.1, -0.05) is 60.7 Å². The van der Waals surface area contributed by atoms with Crippen LogP contribution in [-0.4, -0.2) is 61.1 Å². The quantitative estimate of drug-likeness (QED) is 0.717. The van der Waals surface area contributed by atoms with Crippen molar-refractivity contribution < 1.29 is 9.53 Å². The van der Waals surface area contributed by atoms with E-state index in [1.165, 1.54) is 11.1 Å². The Morgan fingerprint density at radius 1 is 0.867 bits per heavy atom. The number of nitrogens with zero attached hydrogens (tertiary/aromatic N) is 2. The van der Waals surface area contributed by atoms with Crippen LogP contribution in [0.5, 0.6) is 0 Å². The molecule has 2 saturated heterocycles. The average Bonchev–Trinajstić information content (AvgIpc) is 2.83. The zero-order valence-electron chi connectivity index (χ0n) is 18.1. The van der Waals surface area contributed by atoms with Gasteiger partial charge in [-0.15, -0.1) is 0 Å². The summed E-state index contributed by atoms with van der Waals surface area (Å²) in [6.07, 6.45) is 5.40. The summed E-state index contributed by atoms with van der Waals surface area (Å²) in [7, 11) is 1.82. The number of carbonyl (C=O) groups excluding carboxylic acids is 1. The van der Waals surface area contributed by atoms with Crippen LogP contribution in [0.4, 0.5) is 0 Å². The first kappa shape index (κ1) is 21.1. The number of carbonyl (C=O) groups is 1. The minimum atomic E-state index is 0.116. The lowest BCUT2D eigenvalue weighted by Gasteiger charge is -2.41. The molecule has 2 aliphatic rings. The highest BCUT2D eigenvalue weighted by atomic mass is 16.5. The van der Waals surface area contributed by atoms with E-state index in [1.54, 1.807) is 0 Å². The lowest BCUT2D eigenvalue weighted by molar-refractivity contribution is -0.133. The van der Waals surface area contributed by atoms with Gasteiger partial charge in [-0.3, -0.25) is 4.79 Å². The number of benzene rings is 2. The average molecular weight is 407 g/mol. The van der Waals surface area contributed by atoms with Crippen molar-refractivity contribution in [1.29, 1.82) is 0 Å². The summed E-state index contributed by atoms with van der Waals surface area (Å²) in [5.41, 5.74) is 2.43. The van der Waals surface area contributed by atoms with Crippen LogP contribution in [0.25, 0.3) is 0 Å². The molecule has 0 N–H and O–H groups in total. The summed E-state index contributed by atoms with van der Waals surface area (Å²) < 4.78 is 5.51. The molecule has 0 aromatic heterocycles. The van der Waals surface area contributed by atoms with Gasteiger partial charge in [-0.25, -0.2) is 0 Å². The van der Waals surface area contributed by atoms with Crippen LogP contribution in [-0.2, 0) is 9.53 Å². The normalized spacial score (nSPS) is 19.3. The number of rotatable bonds is 6. The summed E-state index contributed by atoms with van der Waals surface area (Å²) in [6, 6.07) is 21.5. The second-order valence-electron chi connectivity index (χ2n) is 8.66. The van der Waals surface area contributed by atoms with Gasteiger partial charge in [0.15, 0.2) is 0 Å². The summed E-state index contributed by atoms with van der Waals surface area (Å²) in [5, 5.41) is 0. The van der Waals surface area contributed by atoms with Crippen LogP contribution in [0.15, 0.2) is 60.7 Å². The highest BCUT2D eigenvalue weighted by Gasteiger charge is 2.30. The maximum atomic E-state index is 13.2. The molecule has 0 spiro atoms. The van der Waals surface area contributed by atoms with Gasteiger partial charge in [0.2, 0.25) is 5.91 Å². The van der Waals surface area contributed by atoms with E-state index in [1.807, 2.05) is 19.2 Å². The molecule has 0 unspecified atom stereocenters. The van der Waals surface area contributed by atoms with Crippen LogP contribution in [0.1, 0.15) is 49.1 Å². The molecule has 2 aromatic rings. The highest BCUT2D eigenvalue weighted by molar-refractivity contribution is 5.78. The third-order valence-corrected chi connectivity index (χ3v) is 6.93. The number of ether oxygens (including phenoxy) is 1. The van der Waals surface area contributed by atoms with Crippen LogP contribution < -0.4 is 0 Å². The van der Waals surface area contributed by atoms with Crippen LogP contribution in [0, 0.1) is 0 Å². The molecule has 0 aliphatic carbocycles. The first-order valence-electron chi connectivity index (χ1n) is 11.4. The molecule has 0 radical (unpaired) electrons. The molecule has 4 rings (SSSR count). The molecule has 2 aromatic carbocycles.